The van der Waals surface area contributed by atoms with E-state index in [-0.39, 0.29) is 25.7 Å². The van der Waals surface area contributed by atoms with Gasteiger partial charge in [-0.25, -0.2) is 0 Å². The molecule has 1 aliphatic rings. The van der Waals surface area contributed by atoms with E-state index in [9.17, 15) is 18.3 Å². The lowest BCUT2D eigenvalue weighted by Crippen LogP contribution is -2.37. The Morgan fingerprint density at radius 2 is 1.50 bits per heavy atom. The van der Waals surface area contributed by atoms with Crippen molar-refractivity contribution >= 4 is 0 Å². The van der Waals surface area contributed by atoms with Crippen LogP contribution in [0.25, 0.3) is 0 Å². The molecule has 0 bridgehead atoms. The third-order valence-electron chi connectivity index (χ3n) is 4.62. The number of benzene rings is 1. The molecule has 0 radical (unpaired) electrons. The normalized spacial score (nSPS) is 27.6. The predicted molar refractivity (Wildman–Crippen MR) is 72.6 cm³/mol. The van der Waals surface area contributed by atoms with Gasteiger partial charge in [0.25, 0.3) is 0 Å². The number of alkyl halides is 3. The second-order valence-electron chi connectivity index (χ2n) is 6.10. The molecule has 1 aromatic rings. The van der Waals surface area contributed by atoms with Crippen LogP contribution in [0.15, 0.2) is 12.1 Å². The molecule has 1 saturated carbocycles. The fraction of sp³-hybridized carbons (Fsp3) is 0.625. The summed E-state index contributed by atoms with van der Waals surface area (Å²) in [6.07, 6.45) is -3.76. The van der Waals surface area contributed by atoms with Gasteiger partial charge in [0.15, 0.2) is 0 Å². The predicted octanol–water partition coefficient (Wildman–Crippen LogP) is 4.55. The zero-order valence-electron chi connectivity index (χ0n) is 12.1. The zero-order chi connectivity index (χ0) is 15.1. The minimum absolute atomic E-state index is 0.00631. The largest absolute Gasteiger partial charge is 0.391 e. The van der Waals surface area contributed by atoms with Crippen molar-refractivity contribution in [3.05, 3.63) is 34.4 Å². The van der Waals surface area contributed by atoms with Crippen molar-refractivity contribution in [2.45, 2.75) is 58.2 Å². The Balaban J connectivity index is 2.24. The lowest BCUT2D eigenvalue weighted by molar-refractivity contribution is -0.193. The standard InChI is InChI=1S/C16H21F3O/c1-10-8-12(3)14(9-11(10)2)15(20)6-4-13(5-7-15)16(17,18)19/h8-9,13,20H,4-7H2,1-3H3. The highest BCUT2D eigenvalue weighted by atomic mass is 19.4. The Bertz CT molecular complexity index is 497. The molecule has 1 N–H and O–H groups in total. The first-order valence-electron chi connectivity index (χ1n) is 7.01. The molecule has 1 fully saturated rings. The van der Waals surface area contributed by atoms with Crippen molar-refractivity contribution in [1.29, 1.82) is 0 Å². The van der Waals surface area contributed by atoms with Gasteiger partial charge in [0.1, 0.15) is 0 Å². The molecule has 1 aliphatic carbocycles. The van der Waals surface area contributed by atoms with Gasteiger partial charge in [-0.05, 0) is 68.7 Å². The zero-order valence-corrected chi connectivity index (χ0v) is 12.1. The Hall–Kier alpha value is -1.03. The Labute approximate surface area is 117 Å². The summed E-state index contributed by atoms with van der Waals surface area (Å²) in [7, 11) is 0. The smallest absolute Gasteiger partial charge is 0.385 e. The summed E-state index contributed by atoms with van der Waals surface area (Å²) in [6, 6.07) is 3.93. The number of hydrogen-bond donors (Lipinski definition) is 1. The van der Waals surface area contributed by atoms with E-state index in [1.165, 1.54) is 0 Å². The summed E-state index contributed by atoms with van der Waals surface area (Å²) in [5.41, 5.74) is 2.85. The van der Waals surface area contributed by atoms with Crippen molar-refractivity contribution in [3.63, 3.8) is 0 Å². The van der Waals surface area contributed by atoms with Crippen molar-refractivity contribution in [1.82, 2.24) is 0 Å². The highest BCUT2D eigenvalue weighted by Crippen LogP contribution is 2.46. The molecule has 0 aromatic heterocycles. The molecule has 0 spiro atoms. The van der Waals surface area contributed by atoms with Crippen molar-refractivity contribution in [3.8, 4) is 0 Å². The second kappa shape index (κ2) is 5.06. The molecule has 20 heavy (non-hydrogen) atoms. The minimum Gasteiger partial charge on any atom is -0.385 e. The molecule has 0 atom stereocenters. The van der Waals surface area contributed by atoms with E-state index in [1.54, 1.807) is 0 Å². The van der Waals surface area contributed by atoms with E-state index >= 15 is 0 Å². The van der Waals surface area contributed by atoms with Crippen LogP contribution in [0.5, 0.6) is 0 Å². The first-order chi connectivity index (χ1) is 9.13. The summed E-state index contributed by atoms with van der Waals surface area (Å²) in [5.74, 6) is -1.27. The third-order valence-corrected chi connectivity index (χ3v) is 4.62. The number of hydrogen-bond acceptors (Lipinski definition) is 1. The van der Waals surface area contributed by atoms with E-state index in [4.69, 9.17) is 0 Å². The molecule has 1 nitrogen and oxygen atoms in total. The van der Waals surface area contributed by atoms with Crippen LogP contribution >= 0.6 is 0 Å². The van der Waals surface area contributed by atoms with Crippen LogP contribution in [0.1, 0.15) is 47.9 Å². The van der Waals surface area contributed by atoms with Gasteiger partial charge in [-0.1, -0.05) is 12.1 Å². The Kier molecular flexibility index (Phi) is 3.89. The molecule has 2 rings (SSSR count). The van der Waals surface area contributed by atoms with Crippen LogP contribution in [0, 0.1) is 26.7 Å². The summed E-state index contributed by atoms with van der Waals surface area (Å²) < 4.78 is 38.1. The summed E-state index contributed by atoms with van der Waals surface area (Å²) >= 11 is 0. The van der Waals surface area contributed by atoms with Gasteiger partial charge in [0, 0.05) is 0 Å². The van der Waals surface area contributed by atoms with Crippen LogP contribution in [0.4, 0.5) is 13.2 Å². The van der Waals surface area contributed by atoms with Crippen molar-refractivity contribution in [2.24, 2.45) is 5.92 Å². The summed E-state index contributed by atoms with van der Waals surface area (Å²) in [6.45, 7) is 5.87. The molecule has 0 aliphatic heterocycles. The molecule has 112 valence electrons. The van der Waals surface area contributed by atoms with E-state index < -0.39 is 17.7 Å². The number of aryl methyl sites for hydroxylation is 3. The maximum absolute atomic E-state index is 12.7. The first kappa shape index (κ1) is 15.4. The quantitative estimate of drug-likeness (QED) is 0.803. The van der Waals surface area contributed by atoms with Crippen molar-refractivity contribution in [2.75, 3.05) is 0 Å². The number of rotatable bonds is 1. The maximum Gasteiger partial charge on any atom is 0.391 e. The topological polar surface area (TPSA) is 20.2 Å². The third kappa shape index (κ3) is 2.85. The summed E-state index contributed by atoms with van der Waals surface area (Å²) in [5, 5.41) is 10.8. The average Bonchev–Trinajstić information content (AvgIpc) is 2.33. The highest BCUT2D eigenvalue weighted by Gasteiger charge is 2.46. The van der Waals surface area contributed by atoms with Gasteiger partial charge in [-0.2, -0.15) is 13.2 Å². The monoisotopic (exact) mass is 286 g/mol. The fourth-order valence-corrected chi connectivity index (χ4v) is 3.15. The maximum atomic E-state index is 12.7. The molecule has 0 heterocycles. The molecule has 0 saturated heterocycles. The molecule has 4 heteroatoms. The van der Waals surface area contributed by atoms with Crippen LogP contribution in [0.2, 0.25) is 0 Å². The van der Waals surface area contributed by atoms with E-state index in [1.807, 2.05) is 32.9 Å². The SMILES string of the molecule is Cc1cc(C)c(C2(O)CCC(C(F)(F)F)CC2)cc1C. The number of halogens is 3. The molecular formula is C16H21F3O. The van der Waals surface area contributed by atoms with Gasteiger partial charge in [0.05, 0.1) is 11.5 Å². The van der Waals surface area contributed by atoms with Gasteiger partial charge in [-0.15, -0.1) is 0 Å². The van der Waals surface area contributed by atoms with E-state index in [0.29, 0.717) is 0 Å². The van der Waals surface area contributed by atoms with Crippen molar-refractivity contribution < 1.29 is 18.3 Å². The molecule has 0 unspecified atom stereocenters. The Morgan fingerprint density at radius 1 is 1.00 bits per heavy atom. The minimum atomic E-state index is -4.14. The van der Waals surface area contributed by atoms with Crippen LogP contribution in [-0.2, 0) is 5.60 Å². The average molecular weight is 286 g/mol. The van der Waals surface area contributed by atoms with E-state index in [0.717, 1.165) is 22.3 Å². The van der Waals surface area contributed by atoms with Gasteiger partial charge in [0.2, 0.25) is 0 Å². The molecule has 1 aromatic carbocycles. The number of aliphatic hydroxyl groups is 1. The first-order valence-corrected chi connectivity index (χ1v) is 7.01. The lowest BCUT2D eigenvalue weighted by atomic mass is 9.73. The second-order valence-corrected chi connectivity index (χ2v) is 6.10. The molecular weight excluding hydrogens is 265 g/mol. The summed E-state index contributed by atoms with van der Waals surface area (Å²) in [4.78, 5) is 0. The van der Waals surface area contributed by atoms with Gasteiger partial charge < -0.3 is 5.11 Å². The lowest BCUT2D eigenvalue weighted by Gasteiger charge is -2.38. The van der Waals surface area contributed by atoms with Crippen LogP contribution < -0.4 is 0 Å². The van der Waals surface area contributed by atoms with Crippen LogP contribution in [0.3, 0.4) is 0 Å². The fourth-order valence-electron chi connectivity index (χ4n) is 3.15. The Morgan fingerprint density at radius 3 is 2.00 bits per heavy atom. The highest BCUT2D eigenvalue weighted by molar-refractivity contribution is 5.40. The van der Waals surface area contributed by atoms with Crippen LogP contribution in [-0.4, -0.2) is 11.3 Å². The van der Waals surface area contributed by atoms with E-state index in [2.05, 4.69) is 0 Å². The molecule has 0 amide bonds. The van der Waals surface area contributed by atoms with Gasteiger partial charge >= 0.3 is 6.18 Å². The van der Waals surface area contributed by atoms with Gasteiger partial charge in [-0.3, -0.25) is 0 Å².